The summed E-state index contributed by atoms with van der Waals surface area (Å²) in [6, 6.07) is 16.4. The van der Waals surface area contributed by atoms with Crippen LogP contribution in [0.1, 0.15) is 55.2 Å². The zero-order chi connectivity index (χ0) is 22.9. The van der Waals surface area contributed by atoms with E-state index < -0.39 is 0 Å². The average Bonchev–Trinajstić information content (AvgIpc) is 3.57. The molecule has 1 saturated carbocycles. The molecule has 2 aliphatic carbocycles. The maximum absolute atomic E-state index is 13.1. The molecule has 3 aliphatic heterocycles. The van der Waals surface area contributed by atoms with E-state index in [0.29, 0.717) is 18.2 Å². The van der Waals surface area contributed by atoms with Crippen molar-refractivity contribution in [1.29, 1.82) is 0 Å². The van der Waals surface area contributed by atoms with Crippen LogP contribution in [0.5, 0.6) is 5.75 Å². The van der Waals surface area contributed by atoms with Crippen molar-refractivity contribution in [2.75, 3.05) is 13.1 Å². The maximum Gasteiger partial charge on any atom is 0.224 e. The predicted molar refractivity (Wildman–Crippen MR) is 130 cm³/mol. The van der Waals surface area contributed by atoms with E-state index in [-0.39, 0.29) is 29.1 Å². The minimum atomic E-state index is -0.202. The van der Waals surface area contributed by atoms with Crippen LogP contribution in [0.4, 0.5) is 0 Å². The molecule has 5 heteroatoms. The summed E-state index contributed by atoms with van der Waals surface area (Å²) in [5.41, 5.74) is 3.32. The van der Waals surface area contributed by atoms with Crippen LogP contribution < -0.4 is 5.32 Å². The van der Waals surface area contributed by atoms with Crippen molar-refractivity contribution in [3.63, 3.8) is 0 Å². The summed E-state index contributed by atoms with van der Waals surface area (Å²) in [4.78, 5) is 15.8. The molecule has 0 aromatic heterocycles. The van der Waals surface area contributed by atoms with E-state index in [2.05, 4.69) is 16.3 Å². The molecule has 4 fully saturated rings. The summed E-state index contributed by atoms with van der Waals surface area (Å²) >= 11 is 0. The van der Waals surface area contributed by atoms with E-state index in [1.807, 2.05) is 42.5 Å². The van der Waals surface area contributed by atoms with E-state index in [0.717, 1.165) is 50.1 Å². The quantitative estimate of drug-likeness (QED) is 0.717. The second-order valence-corrected chi connectivity index (χ2v) is 11.5. The van der Waals surface area contributed by atoms with E-state index in [9.17, 15) is 9.90 Å². The molecule has 1 amide bonds. The molecule has 3 heterocycles. The van der Waals surface area contributed by atoms with Crippen LogP contribution in [0.15, 0.2) is 48.5 Å². The Hall–Kier alpha value is -2.37. The number of hydrogen-bond acceptors (Lipinski definition) is 4. The Kier molecular flexibility index (Phi) is 4.66. The van der Waals surface area contributed by atoms with Crippen LogP contribution in [-0.4, -0.2) is 52.8 Å². The van der Waals surface area contributed by atoms with Gasteiger partial charge in [0.1, 0.15) is 5.75 Å². The monoisotopic (exact) mass is 458 g/mol. The molecular weight excluding hydrogens is 424 g/mol. The molecule has 2 aromatic carbocycles. The van der Waals surface area contributed by atoms with Crippen molar-refractivity contribution in [2.45, 2.75) is 80.6 Å². The number of ether oxygens (including phenoxy) is 1. The lowest BCUT2D eigenvalue weighted by molar-refractivity contribution is -0.209. The summed E-state index contributed by atoms with van der Waals surface area (Å²) in [5, 5.41) is 13.9. The zero-order valence-corrected chi connectivity index (χ0v) is 19.7. The molecule has 2 aromatic rings. The highest BCUT2D eigenvalue weighted by atomic mass is 16.5. The number of carbonyl (C=O) groups excluding carboxylic acids is 1. The summed E-state index contributed by atoms with van der Waals surface area (Å²) in [5.74, 6) is 1.27. The number of aromatic hydroxyl groups is 1. The van der Waals surface area contributed by atoms with Crippen molar-refractivity contribution < 1.29 is 14.6 Å². The van der Waals surface area contributed by atoms with Crippen LogP contribution in [-0.2, 0) is 27.8 Å². The number of amides is 1. The second kappa shape index (κ2) is 7.56. The third-order valence-corrected chi connectivity index (χ3v) is 9.56. The number of rotatable bonds is 5. The van der Waals surface area contributed by atoms with Crippen molar-refractivity contribution in [2.24, 2.45) is 5.92 Å². The van der Waals surface area contributed by atoms with Gasteiger partial charge < -0.3 is 15.2 Å². The standard InChI is InChI=1S/C29H34N2O3/c32-22-9-8-21-15-26-29-11-10-25(34-29)24(30-27(33)14-19-4-2-1-3-5-19)17-28(29,23(21)16-22)12-13-31(26)18-20-6-7-20/h1-5,8-9,16,20,24-26,32H,6-7,10-15,17-18H2,(H,30,33)/t24-,25-,26+,28+,29+/m0/s1. The Morgan fingerprint density at radius 3 is 2.79 bits per heavy atom. The van der Waals surface area contributed by atoms with Gasteiger partial charge in [-0.05, 0) is 86.2 Å². The Morgan fingerprint density at radius 1 is 1.12 bits per heavy atom. The number of nitrogens with one attached hydrogen (secondary N) is 1. The number of phenols is 1. The molecule has 2 N–H and O–H groups in total. The molecule has 5 aliphatic rings. The van der Waals surface area contributed by atoms with Gasteiger partial charge in [0.2, 0.25) is 5.91 Å². The maximum atomic E-state index is 13.1. The van der Waals surface area contributed by atoms with Crippen LogP contribution in [0, 0.1) is 5.92 Å². The molecule has 7 rings (SSSR count). The van der Waals surface area contributed by atoms with E-state index in [1.165, 1.54) is 30.5 Å². The first-order chi connectivity index (χ1) is 16.6. The zero-order valence-electron chi connectivity index (χ0n) is 19.7. The van der Waals surface area contributed by atoms with Gasteiger partial charge in [0.05, 0.1) is 24.2 Å². The van der Waals surface area contributed by atoms with Crippen LogP contribution in [0.3, 0.4) is 0 Å². The van der Waals surface area contributed by atoms with Gasteiger partial charge in [0.25, 0.3) is 0 Å². The van der Waals surface area contributed by atoms with Gasteiger partial charge in [0, 0.05) is 18.0 Å². The second-order valence-electron chi connectivity index (χ2n) is 11.5. The van der Waals surface area contributed by atoms with Crippen molar-refractivity contribution in [3.05, 3.63) is 65.2 Å². The topological polar surface area (TPSA) is 61.8 Å². The number of piperidine rings is 1. The molecule has 1 spiro atoms. The van der Waals surface area contributed by atoms with Gasteiger partial charge in [-0.1, -0.05) is 36.4 Å². The summed E-state index contributed by atoms with van der Waals surface area (Å²) in [6.45, 7) is 2.28. The number of carbonyl (C=O) groups is 1. The third-order valence-electron chi connectivity index (χ3n) is 9.56. The number of likely N-dealkylation sites (tertiary alicyclic amines) is 1. The molecule has 178 valence electrons. The van der Waals surface area contributed by atoms with Gasteiger partial charge >= 0.3 is 0 Å². The lowest BCUT2D eigenvalue weighted by Crippen LogP contribution is -2.74. The minimum absolute atomic E-state index is 0.00997. The molecule has 0 unspecified atom stereocenters. The minimum Gasteiger partial charge on any atom is -0.508 e. The van der Waals surface area contributed by atoms with E-state index in [1.54, 1.807) is 0 Å². The molecule has 34 heavy (non-hydrogen) atoms. The molecule has 3 saturated heterocycles. The predicted octanol–water partition coefficient (Wildman–Crippen LogP) is 3.72. The first kappa shape index (κ1) is 21.0. The fourth-order valence-electron chi connectivity index (χ4n) is 7.92. The molecule has 0 radical (unpaired) electrons. The fourth-order valence-corrected chi connectivity index (χ4v) is 7.92. The Morgan fingerprint density at radius 2 is 1.97 bits per heavy atom. The highest BCUT2D eigenvalue weighted by molar-refractivity contribution is 5.79. The lowest BCUT2D eigenvalue weighted by Gasteiger charge is -2.65. The van der Waals surface area contributed by atoms with Gasteiger partial charge in [-0.3, -0.25) is 9.69 Å². The molecule has 5 atom stereocenters. The smallest absolute Gasteiger partial charge is 0.224 e. The molecule has 4 bridgehead atoms. The van der Waals surface area contributed by atoms with Crippen LogP contribution >= 0.6 is 0 Å². The summed E-state index contributed by atoms with van der Waals surface area (Å²) < 4.78 is 7.10. The van der Waals surface area contributed by atoms with Gasteiger partial charge in [0.15, 0.2) is 0 Å². The molecular formula is C29H34N2O3. The number of benzene rings is 2. The summed E-state index contributed by atoms with van der Waals surface area (Å²) in [6.07, 6.45) is 8.20. The number of hydrogen-bond donors (Lipinski definition) is 2. The van der Waals surface area contributed by atoms with Gasteiger partial charge in [-0.2, -0.15) is 0 Å². The average molecular weight is 459 g/mol. The largest absolute Gasteiger partial charge is 0.508 e. The van der Waals surface area contributed by atoms with Crippen molar-refractivity contribution >= 4 is 5.91 Å². The lowest BCUT2D eigenvalue weighted by atomic mass is 9.51. The number of phenolic OH excluding ortho intramolecular Hbond substituents is 1. The number of nitrogens with zero attached hydrogens (tertiary/aromatic N) is 1. The fraction of sp³-hybridized carbons (Fsp3) is 0.552. The highest BCUT2D eigenvalue weighted by Gasteiger charge is 2.70. The van der Waals surface area contributed by atoms with Gasteiger partial charge in [-0.15, -0.1) is 0 Å². The van der Waals surface area contributed by atoms with Crippen molar-refractivity contribution in [3.8, 4) is 5.75 Å². The molecule has 5 nitrogen and oxygen atoms in total. The first-order valence-electron chi connectivity index (χ1n) is 13.1. The SMILES string of the molecule is O=C(Cc1ccccc1)N[C@H]1C[C@]23CCN(CC4CC4)[C@H](Cc4ccc(O)cc42)[C@]32CC[C@@H]1O2. The van der Waals surface area contributed by atoms with Crippen LogP contribution in [0.25, 0.3) is 0 Å². The normalized spacial score (nSPS) is 35.9. The third kappa shape index (κ3) is 3.09. The Bertz CT molecular complexity index is 1120. The Labute approximate surface area is 201 Å². The van der Waals surface area contributed by atoms with Crippen LogP contribution in [0.2, 0.25) is 0 Å². The Balaban J connectivity index is 1.23. The van der Waals surface area contributed by atoms with E-state index >= 15 is 0 Å². The summed E-state index contributed by atoms with van der Waals surface area (Å²) in [7, 11) is 0. The van der Waals surface area contributed by atoms with Crippen molar-refractivity contribution in [1.82, 2.24) is 10.2 Å². The highest BCUT2D eigenvalue weighted by Crippen LogP contribution is 2.63. The van der Waals surface area contributed by atoms with E-state index in [4.69, 9.17) is 4.74 Å². The van der Waals surface area contributed by atoms with Gasteiger partial charge in [-0.25, -0.2) is 0 Å². The number of fused-ring (bicyclic) bond motifs is 2. The first-order valence-corrected chi connectivity index (χ1v) is 13.1.